The van der Waals surface area contributed by atoms with Crippen molar-refractivity contribution in [3.63, 3.8) is 0 Å². The summed E-state index contributed by atoms with van der Waals surface area (Å²) in [6, 6.07) is 2.25. The van der Waals surface area contributed by atoms with Gasteiger partial charge in [0.1, 0.15) is 0 Å². The highest BCUT2D eigenvalue weighted by Crippen LogP contribution is 2.45. The second-order valence-electron chi connectivity index (χ2n) is 6.55. The third-order valence-electron chi connectivity index (χ3n) is 4.19. The molecule has 5 nitrogen and oxygen atoms in total. The Kier molecular flexibility index (Phi) is 2.98. The first kappa shape index (κ1) is 13.6. The number of allylic oxidation sites excluding steroid dienone is 4. The summed E-state index contributed by atoms with van der Waals surface area (Å²) in [7, 11) is 0. The van der Waals surface area contributed by atoms with E-state index in [0.717, 1.165) is 29.1 Å². The van der Waals surface area contributed by atoms with Crippen LogP contribution in [-0.2, 0) is 4.79 Å². The lowest BCUT2D eigenvalue weighted by Gasteiger charge is -2.38. The van der Waals surface area contributed by atoms with E-state index in [1.807, 2.05) is 6.92 Å². The molecule has 2 N–H and O–H groups in total. The number of nitrogens with zero attached hydrogens (tertiary/aromatic N) is 2. The van der Waals surface area contributed by atoms with Gasteiger partial charge in [-0.1, -0.05) is 13.8 Å². The van der Waals surface area contributed by atoms with Crippen molar-refractivity contribution in [3.8, 4) is 6.07 Å². The van der Waals surface area contributed by atoms with Crippen LogP contribution in [0, 0.1) is 16.7 Å². The standard InChI is InChI=1S/C16H18N4O/c1-9-10(6-17)14(12-7-18-8-19-12)15-11(20-9)4-16(2,3)5-13(15)21/h7-8,14,20H,4-5H2,1-3H3,(H,18,19). The lowest BCUT2D eigenvalue weighted by Crippen LogP contribution is -2.36. The van der Waals surface area contributed by atoms with E-state index in [2.05, 4.69) is 35.2 Å². The van der Waals surface area contributed by atoms with Gasteiger partial charge in [0.05, 0.1) is 23.9 Å². The maximum absolute atomic E-state index is 12.7. The first-order valence-corrected chi connectivity index (χ1v) is 7.05. The van der Waals surface area contributed by atoms with E-state index in [4.69, 9.17) is 0 Å². The number of imidazole rings is 1. The van der Waals surface area contributed by atoms with Crippen molar-refractivity contribution < 1.29 is 4.79 Å². The number of aromatic amines is 1. The molecule has 1 atom stereocenters. The summed E-state index contributed by atoms with van der Waals surface area (Å²) in [4.78, 5) is 19.7. The van der Waals surface area contributed by atoms with Gasteiger partial charge in [0.25, 0.3) is 0 Å². The predicted molar refractivity (Wildman–Crippen MR) is 77.8 cm³/mol. The molecule has 0 bridgehead atoms. The Balaban J connectivity index is 2.17. The van der Waals surface area contributed by atoms with Crippen LogP contribution in [0.5, 0.6) is 0 Å². The highest BCUT2D eigenvalue weighted by molar-refractivity contribution is 6.00. The summed E-state index contributed by atoms with van der Waals surface area (Å²) < 4.78 is 0. The normalized spacial score (nSPS) is 24.5. The highest BCUT2D eigenvalue weighted by atomic mass is 16.1. The average molecular weight is 282 g/mol. The van der Waals surface area contributed by atoms with Crippen LogP contribution in [0.2, 0.25) is 0 Å². The summed E-state index contributed by atoms with van der Waals surface area (Å²) in [6.07, 6.45) is 4.60. The molecule has 2 aliphatic rings. The Morgan fingerprint density at radius 3 is 2.81 bits per heavy atom. The van der Waals surface area contributed by atoms with Crippen LogP contribution < -0.4 is 5.32 Å². The van der Waals surface area contributed by atoms with Crippen LogP contribution in [0.15, 0.2) is 35.1 Å². The maximum atomic E-state index is 12.7. The second kappa shape index (κ2) is 4.59. The van der Waals surface area contributed by atoms with Crippen LogP contribution in [-0.4, -0.2) is 15.8 Å². The molecule has 0 fully saturated rings. The molecule has 0 saturated carbocycles. The third-order valence-corrected chi connectivity index (χ3v) is 4.19. The van der Waals surface area contributed by atoms with Gasteiger partial charge in [0.15, 0.2) is 5.78 Å². The zero-order valence-corrected chi connectivity index (χ0v) is 12.4. The quantitative estimate of drug-likeness (QED) is 0.829. The molecule has 5 heteroatoms. The van der Waals surface area contributed by atoms with Crippen LogP contribution in [0.3, 0.4) is 0 Å². The molecule has 0 aromatic carbocycles. The number of nitrogens with one attached hydrogen (secondary N) is 2. The minimum absolute atomic E-state index is 0.0497. The minimum atomic E-state index is -0.322. The monoisotopic (exact) mass is 282 g/mol. The van der Waals surface area contributed by atoms with E-state index < -0.39 is 0 Å². The summed E-state index contributed by atoms with van der Waals surface area (Å²) in [5.74, 6) is -0.203. The SMILES string of the molecule is CC1=C(C#N)C(c2cnc[nH]2)C2=C(CC(C)(C)CC2=O)N1. The van der Waals surface area contributed by atoms with Gasteiger partial charge >= 0.3 is 0 Å². The molecule has 1 aliphatic heterocycles. The van der Waals surface area contributed by atoms with Crippen molar-refractivity contribution in [2.24, 2.45) is 5.41 Å². The molecule has 0 amide bonds. The molecule has 0 saturated heterocycles. The number of hydrogen-bond acceptors (Lipinski definition) is 4. The number of rotatable bonds is 1. The molecule has 1 unspecified atom stereocenters. The van der Waals surface area contributed by atoms with Crippen LogP contribution in [0.1, 0.15) is 45.2 Å². The summed E-state index contributed by atoms with van der Waals surface area (Å²) in [5.41, 5.74) is 3.83. The number of hydrogen-bond donors (Lipinski definition) is 2. The van der Waals surface area contributed by atoms with Crippen LogP contribution >= 0.6 is 0 Å². The van der Waals surface area contributed by atoms with E-state index in [1.165, 1.54) is 0 Å². The summed E-state index contributed by atoms with van der Waals surface area (Å²) in [5, 5.41) is 12.8. The van der Waals surface area contributed by atoms with Gasteiger partial charge in [0.2, 0.25) is 0 Å². The van der Waals surface area contributed by atoms with E-state index in [-0.39, 0.29) is 17.1 Å². The van der Waals surface area contributed by atoms with E-state index >= 15 is 0 Å². The van der Waals surface area contributed by atoms with E-state index in [9.17, 15) is 10.1 Å². The second-order valence-corrected chi connectivity index (χ2v) is 6.55. The molecule has 21 heavy (non-hydrogen) atoms. The van der Waals surface area contributed by atoms with E-state index in [0.29, 0.717) is 12.0 Å². The van der Waals surface area contributed by atoms with Gasteiger partial charge < -0.3 is 10.3 Å². The Morgan fingerprint density at radius 2 is 2.19 bits per heavy atom. The lowest BCUT2D eigenvalue weighted by molar-refractivity contribution is -0.118. The van der Waals surface area contributed by atoms with Gasteiger partial charge in [-0.2, -0.15) is 5.26 Å². The molecular weight excluding hydrogens is 264 g/mol. The molecule has 0 radical (unpaired) electrons. The molecular formula is C16H18N4O. The third kappa shape index (κ3) is 2.17. The van der Waals surface area contributed by atoms with Gasteiger partial charge in [-0.3, -0.25) is 4.79 Å². The molecule has 1 aliphatic carbocycles. The molecule has 108 valence electrons. The maximum Gasteiger partial charge on any atom is 0.162 e. The topological polar surface area (TPSA) is 81.6 Å². The zero-order chi connectivity index (χ0) is 15.2. The van der Waals surface area contributed by atoms with Crippen LogP contribution in [0.25, 0.3) is 0 Å². The average Bonchev–Trinajstić information content (AvgIpc) is 2.88. The van der Waals surface area contributed by atoms with Crippen molar-refractivity contribution in [1.29, 1.82) is 5.26 Å². The number of nitriles is 1. The molecule has 1 aromatic rings. The fraction of sp³-hybridized carbons (Fsp3) is 0.438. The number of carbonyl (C=O) groups excluding carboxylic acids is 1. The largest absolute Gasteiger partial charge is 0.361 e. The first-order chi connectivity index (χ1) is 9.93. The number of ketones is 1. The number of dihydropyridines is 1. The Hall–Kier alpha value is -2.35. The van der Waals surface area contributed by atoms with Gasteiger partial charge in [0, 0.05) is 35.3 Å². The Morgan fingerprint density at radius 1 is 1.43 bits per heavy atom. The van der Waals surface area contributed by atoms with E-state index in [1.54, 1.807) is 12.5 Å². The molecule has 0 spiro atoms. The minimum Gasteiger partial charge on any atom is -0.361 e. The molecule has 3 rings (SSSR count). The predicted octanol–water partition coefficient (Wildman–Crippen LogP) is 2.54. The Labute approximate surface area is 123 Å². The number of H-pyrrole nitrogens is 1. The highest BCUT2D eigenvalue weighted by Gasteiger charge is 2.41. The number of Topliss-reactive ketones (excluding diaryl/α,β-unsaturated/α-hetero) is 1. The summed E-state index contributed by atoms with van der Waals surface area (Å²) in [6.45, 7) is 6.08. The first-order valence-electron chi connectivity index (χ1n) is 7.05. The van der Waals surface area contributed by atoms with Crippen molar-refractivity contribution in [1.82, 2.24) is 15.3 Å². The smallest absolute Gasteiger partial charge is 0.162 e. The van der Waals surface area contributed by atoms with Crippen molar-refractivity contribution in [2.75, 3.05) is 0 Å². The van der Waals surface area contributed by atoms with Crippen LogP contribution in [0.4, 0.5) is 0 Å². The molecule has 2 heterocycles. The fourth-order valence-corrected chi connectivity index (χ4v) is 3.32. The van der Waals surface area contributed by atoms with Crippen molar-refractivity contribution in [2.45, 2.75) is 39.5 Å². The molecule has 1 aromatic heterocycles. The fourth-order valence-electron chi connectivity index (χ4n) is 3.32. The summed E-state index contributed by atoms with van der Waals surface area (Å²) >= 11 is 0. The van der Waals surface area contributed by atoms with Gasteiger partial charge in [-0.15, -0.1) is 0 Å². The number of aromatic nitrogens is 2. The van der Waals surface area contributed by atoms with Gasteiger partial charge in [-0.05, 0) is 18.8 Å². The zero-order valence-electron chi connectivity index (χ0n) is 12.4. The van der Waals surface area contributed by atoms with Crippen molar-refractivity contribution >= 4 is 5.78 Å². The Bertz CT molecular complexity index is 701. The van der Waals surface area contributed by atoms with Gasteiger partial charge in [-0.25, -0.2) is 4.98 Å². The van der Waals surface area contributed by atoms with Crippen molar-refractivity contribution in [3.05, 3.63) is 40.8 Å². The number of carbonyl (C=O) groups is 1. The lowest BCUT2D eigenvalue weighted by atomic mass is 9.69.